The second kappa shape index (κ2) is 5.68. The smallest absolute Gasteiger partial charge is 0.334 e. The third-order valence-corrected chi connectivity index (χ3v) is 6.70. The standard InChI is InChI=1S/C14H19NO6S/c1-10-6-8-11(9-7-10)22(19,20)14(4,12(16)21-5)13(2,3)15(17)18/h6-9H,1-5H3. The quantitative estimate of drug-likeness (QED) is 0.463. The molecule has 122 valence electrons. The van der Waals surface area contributed by atoms with Crippen LogP contribution in [0.5, 0.6) is 0 Å². The van der Waals surface area contributed by atoms with Crippen LogP contribution in [0, 0.1) is 17.0 Å². The molecule has 0 saturated heterocycles. The Balaban J connectivity index is 3.69. The fourth-order valence-electron chi connectivity index (χ4n) is 2.01. The van der Waals surface area contributed by atoms with Crippen LogP contribution in [0.25, 0.3) is 0 Å². The molecule has 7 nitrogen and oxygen atoms in total. The van der Waals surface area contributed by atoms with Crippen molar-refractivity contribution in [3.05, 3.63) is 39.9 Å². The molecule has 0 amide bonds. The van der Waals surface area contributed by atoms with Crippen LogP contribution in [0.4, 0.5) is 0 Å². The Kier molecular flexibility index (Phi) is 4.67. The molecule has 1 aromatic rings. The van der Waals surface area contributed by atoms with Gasteiger partial charge in [-0.3, -0.25) is 14.9 Å². The van der Waals surface area contributed by atoms with Crippen molar-refractivity contribution in [2.45, 2.75) is 42.9 Å². The van der Waals surface area contributed by atoms with Crippen molar-refractivity contribution in [1.29, 1.82) is 0 Å². The lowest BCUT2D eigenvalue weighted by Crippen LogP contribution is -2.62. The first-order valence-corrected chi connectivity index (χ1v) is 7.95. The number of aryl methyl sites for hydroxylation is 1. The van der Waals surface area contributed by atoms with Crippen molar-refractivity contribution >= 4 is 15.8 Å². The van der Waals surface area contributed by atoms with E-state index in [2.05, 4.69) is 4.74 Å². The van der Waals surface area contributed by atoms with Crippen LogP contribution in [-0.4, -0.2) is 36.7 Å². The van der Waals surface area contributed by atoms with E-state index in [1.807, 2.05) is 0 Å². The van der Waals surface area contributed by atoms with Gasteiger partial charge in [0.2, 0.25) is 20.1 Å². The number of nitro groups is 1. The molecule has 1 unspecified atom stereocenters. The molecule has 0 aromatic heterocycles. The number of rotatable bonds is 5. The number of carbonyl (C=O) groups excluding carboxylic acids is 1. The number of hydrogen-bond acceptors (Lipinski definition) is 6. The van der Waals surface area contributed by atoms with Crippen molar-refractivity contribution in [2.75, 3.05) is 7.11 Å². The van der Waals surface area contributed by atoms with Gasteiger partial charge < -0.3 is 4.74 Å². The molecule has 0 radical (unpaired) electrons. The van der Waals surface area contributed by atoms with Crippen molar-refractivity contribution in [3.63, 3.8) is 0 Å². The largest absolute Gasteiger partial charge is 0.468 e. The number of carbonyl (C=O) groups is 1. The first-order valence-electron chi connectivity index (χ1n) is 6.47. The molecular formula is C14H19NO6S. The molecule has 1 rings (SSSR count). The van der Waals surface area contributed by atoms with Crippen LogP contribution < -0.4 is 0 Å². The molecule has 0 aliphatic rings. The minimum Gasteiger partial charge on any atom is -0.468 e. The van der Waals surface area contributed by atoms with Gasteiger partial charge in [-0.05, 0) is 26.0 Å². The molecule has 0 N–H and O–H groups in total. The van der Waals surface area contributed by atoms with Crippen LogP contribution in [0.1, 0.15) is 26.3 Å². The highest BCUT2D eigenvalue weighted by atomic mass is 32.2. The number of nitrogens with zero attached hydrogens (tertiary/aromatic N) is 1. The predicted molar refractivity (Wildman–Crippen MR) is 79.9 cm³/mol. The Morgan fingerprint density at radius 1 is 1.18 bits per heavy atom. The lowest BCUT2D eigenvalue weighted by atomic mass is 9.88. The average molecular weight is 329 g/mol. The predicted octanol–water partition coefficient (Wildman–Crippen LogP) is 1.76. The van der Waals surface area contributed by atoms with Crippen LogP contribution in [-0.2, 0) is 19.4 Å². The van der Waals surface area contributed by atoms with Gasteiger partial charge in [0.25, 0.3) is 0 Å². The van der Waals surface area contributed by atoms with E-state index < -0.39 is 31.0 Å². The Labute approximate surface area is 129 Å². The number of methoxy groups -OCH3 is 1. The highest BCUT2D eigenvalue weighted by molar-refractivity contribution is 7.93. The summed E-state index contributed by atoms with van der Waals surface area (Å²) >= 11 is 0. The normalized spacial score (nSPS) is 15.0. The minimum atomic E-state index is -4.35. The molecule has 0 bridgehead atoms. The molecule has 1 aromatic carbocycles. The number of sulfone groups is 1. The summed E-state index contributed by atoms with van der Waals surface area (Å²) < 4.78 is 28.0. The van der Waals surface area contributed by atoms with Crippen molar-refractivity contribution in [1.82, 2.24) is 0 Å². The van der Waals surface area contributed by atoms with E-state index in [1.165, 1.54) is 12.1 Å². The highest BCUT2D eigenvalue weighted by Gasteiger charge is 2.66. The Hall–Kier alpha value is -1.96. The molecule has 0 heterocycles. The van der Waals surface area contributed by atoms with Gasteiger partial charge in [-0.15, -0.1) is 0 Å². The summed E-state index contributed by atoms with van der Waals surface area (Å²) in [6, 6.07) is 5.76. The molecule has 1 atom stereocenters. The van der Waals surface area contributed by atoms with E-state index in [0.29, 0.717) is 0 Å². The lowest BCUT2D eigenvalue weighted by molar-refractivity contribution is -0.564. The van der Waals surface area contributed by atoms with Crippen molar-refractivity contribution in [2.24, 2.45) is 0 Å². The van der Waals surface area contributed by atoms with Crippen LogP contribution >= 0.6 is 0 Å². The molecule has 22 heavy (non-hydrogen) atoms. The number of hydrogen-bond donors (Lipinski definition) is 0. The van der Waals surface area contributed by atoms with Gasteiger partial charge in [0.1, 0.15) is 0 Å². The summed E-state index contributed by atoms with van der Waals surface area (Å²) in [5.41, 5.74) is -1.25. The molecule has 0 aliphatic heterocycles. The van der Waals surface area contributed by atoms with Gasteiger partial charge in [-0.1, -0.05) is 17.7 Å². The molecule has 0 fully saturated rings. The molecule has 0 saturated carbocycles. The van der Waals surface area contributed by atoms with Gasteiger partial charge in [-0.2, -0.15) is 0 Å². The zero-order valence-corrected chi connectivity index (χ0v) is 13.9. The van der Waals surface area contributed by atoms with E-state index in [4.69, 9.17) is 0 Å². The highest BCUT2D eigenvalue weighted by Crippen LogP contribution is 2.38. The monoisotopic (exact) mass is 329 g/mol. The van der Waals surface area contributed by atoms with Crippen LogP contribution in [0.3, 0.4) is 0 Å². The minimum absolute atomic E-state index is 0.166. The van der Waals surface area contributed by atoms with Crippen molar-refractivity contribution < 1.29 is 22.9 Å². The van der Waals surface area contributed by atoms with E-state index in [9.17, 15) is 23.3 Å². The lowest BCUT2D eigenvalue weighted by Gasteiger charge is -2.34. The van der Waals surface area contributed by atoms with E-state index in [-0.39, 0.29) is 4.90 Å². The topological polar surface area (TPSA) is 104 Å². The van der Waals surface area contributed by atoms with E-state index >= 15 is 0 Å². The maximum absolute atomic E-state index is 12.9. The van der Waals surface area contributed by atoms with Gasteiger partial charge in [0, 0.05) is 18.8 Å². The maximum Gasteiger partial charge on any atom is 0.334 e. The third kappa shape index (κ3) is 2.47. The zero-order valence-electron chi connectivity index (χ0n) is 13.1. The Morgan fingerprint density at radius 3 is 2.00 bits per heavy atom. The number of esters is 1. The van der Waals surface area contributed by atoms with Crippen molar-refractivity contribution in [3.8, 4) is 0 Å². The van der Waals surface area contributed by atoms with Gasteiger partial charge in [0.15, 0.2) is 0 Å². The Bertz CT molecular complexity index is 693. The summed E-state index contributed by atoms with van der Waals surface area (Å²) in [7, 11) is -3.35. The number of benzene rings is 1. The fraction of sp³-hybridized carbons (Fsp3) is 0.500. The van der Waals surface area contributed by atoms with Gasteiger partial charge in [-0.25, -0.2) is 8.42 Å². The number of ether oxygens (including phenoxy) is 1. The summed E-state index contributed by atoms with van der Waals surface area (Å²) in [5.74, 6) is -1.17. The average Bonchev–Trinajstić information content (AvgIpc) is 2.45. The maximum atomic E-state index is 12.9. The first kappa shape index (κ1) is 18.1. The molecule has 0 aliphatic carbocycles. The van der Waals surface area contributed by atoms with E-state index in [1.54, 1.807) is 19.1 Å². The second-order valence-corrected chi connectivity index (χ2v) is 7.95. The summed E-state index contributed by atoms with van der Waals surface area (Å²) in [6.45, 7) is 4.99. The van der Waals surface area contributed by atoms with Gasteiger partial charge in [0.05, 0.1) is 12.0 Å². The zero-order chi connectivity index (χ0) is 17.3. The van der Waals surface area contributed by atoms with Crippen LogP contribution in [0.15, 0.2) is 29.2 Å². The van der Waals surface area contributed by atoms with Gasteiger partial charge >= 0.3 is 5.97 Å². The summed E-state index contributed by atoms with van der Waals surface area (Å²) in [5, 5.41) is 11.4. The fourth-order valence-corrected chi connectivity index (χ4v) is 4.01. The summed E-state index contributed by atoms with van der Waals surface area (Å²) in [6.07, 6.45) is 0. The van der Waals surface area contributed by atoms with E-state index in [0.717, 1.165) is 33.4 Å². The molecular weight excluding hydrogens is 310 g/mol. The Morgan fingerprint density at radius 2 is 1.64 bits per heavy atom. The first-order chi connectivity index (χ1) is 9.92. The molecule has 8 heteroatoms. The SMILES string of the molecule is COC(=O)C(C)(C(C)(C)[N+](=O)[O-])S(=O)(=O)c1ccc(C)cc1. The second-order valence-electron chi connectivity index (χ2n) is 5.66. The molecule has 0 spiro atoms. The third-order valence-electron chi connectivity index (χ3n) is 4.07. The van der Waals surface area contributed by atoms with Crippen LogP contribution in [0.2, 0.25) is 0 Å². The summed E-state index contributed by atoms with van der Waals surface area (Å²) in [4.78, 5) is 22.6.